The Labute approximate surface area is 115 Å². The molecule has 6 nitrogen and oxygen atoms in total. The Bertz CT molecular complexity index is 505. The summed E-state index contributed by atoms with van der Waals surface area (Å²) in [6, 6.07) is 2.92. The Morgan fingerprint density at radius 1 is 1.37 bits per heavy atom. The van der Waals surface area contributed by atoms with Crippen LogP contribution in [0.15, 0.2) is 12.1 Å². The Kier molecular flexibility index (Phi) is 3.71. The molecular formula is C12H14ClN3O3. The van der Waals surface area contributed by atoms with Crippen LogP contribution >= 0.6 is 11.6 Å². The number of hydrogen-bond acceptors (Lipinski definition) is 4. The van der Waals surface area contributed by atoms with Gasteiger partial charge in [0.2, 0.25) is 0 Å². The van der Waals surface area contributed by atoms with Crippen molar-refractivity contribution in [2.45, 2.75) is 31.7 Å². The number of rotatable bonds is 2. The van der Waals surface area contributed by atoms with Crippen molar-refractivity contribution in [3.05, 3.63) is 23.0 Å². The monoisotopic (exact) mass is 283 g/mol. The van der Waals surface area contributed by atoms with Gasteiger partial charge in [-0.05, 0) is 38.3 Å². The first kappa shape index (κ1) is 13.7. The van der Waals surface area contributed by atoms with Crippen molar-refractivity contribution in [2.24, 2.45) is 0 Å². The zero-order valence-electron chi connectivity index (χ0n) is 10.5. The van der Waals surface area contributed by atoms with E-state index in [-0.39, 0.29) is 10.8 Å². The van der Waals surface area contributed by atoms with Crippen LogP contribution in [0.5, 0.6) is 0 Å². The first-order chi connectivity index (χ1) is 8.95. The number of piperidine rings is 1. The Balaban J connectivity index is 2.30. The van der Waals surface area contributed by atoms with Gasteiger partial charge in [0.05, 0.1) is 0 Å². The summed E-state index contributed by atoms with van der Waals surface area (Å²) in [5.41, 5.74) is -1.07. The molecule has 0 aliphatic carbocycles. The maximum Gasteiger partial charge on any atom is 0.329 e. The molecule has 2 rings (SSSR count). The average Bonchev–Trinajstić information content (AvgIpc) is 2.39. The number of amides is 1. The molecule has 1 aromatic heterocycles. The molecule has 0 aromatic carbocycles. The predicted octanol–water partition coefficient (Wildman–Crippen LogP) is 1.60. The molecule has 19 heavy (non-hydrogen) atoms. The summed E-state index contributed by atoms with van der Waals surface area (Å²) in [7, 11) is 0. The highest BCUT2D eigenvalue weighted by Crippen LogP contribution is 2.29. The van der Waals surface area contributed by atoms with E-state index in [0.717, 1.165) is 12.8 Å². The third-order valence-corrected chi connectivity index (χ3v) is 3.65. The van der Waals surface area contributed by atoms with E-state index in [2.05, 4.69) is 10.2 Å². The first-order valence-electron chi connectivity index (χ1n) is 6.00. The van der Waals surface area contributed by atoms with E-state index in [9.17, 15) is 14.7 Å². The van der Waals surface area contributed by atoms with Gasteiger partial charge in [-0.1, -0.05) is 11.6 Å². The largest absolute Gasteiger partial charge is 0.480 e. The molecule has 7 heteroatoms. The SMILES string of the molecule is CC1(C(=O)O)CCCCN1C(=O)c1ccc(Cl)nn1. The molecule has 1 fully saturated rings. The molecule has 1 amide bonds. The second-order valence-corrected chi connectivity index (χ2v) is 5.12. The molecule has 1 aliphatic rings. The van der Waals surface area contributed by atoms with Crippen LogP contribution in [-0.2, 0) is 4.79 Å². The average molecular weight is 284 g/mol. The van der Waals surface area contributed by atoms with E-state index in [1.807, 2.05) is 0 Å². The number of aromatic nitrogens is 2. The van der Waals surface area contributed by atoms with Gasteiger partial charge in [0.15, 0.2) is 10.8 Å². The smallest absolute Gasteiger partial charge is 0.329 e. The molecule has 1 atom stereocenters. The molecule has 1 aromatic rings. The van der Waals surface area contributed by atoms with Crippen molar-refractivity contribution in [3.63, 3.8) is 0 Å². The number of carbonyl (C=O) groups is 2. The number of carboxylic acids is 1. The fourth-order valence-electron chi connectivity index (χ4n) is 2.24. The summed E-state index contributed by atoms with van der Waals surface area (Å²) < 4.78 is 0. The van der Waals surface area contributed by atoms with E-state index in [0.29, 0.717) is 13.0 Å². The van der Waals surface area contributed by atoms with Crippen molar-refractivity contribution in [1.29, 1.82) is 0 Å². The van der Waals surface area contributed by atoms with Crippen LogP contribution in [-0.4, -0.2) is 44.2 Å². The van der Waals surface area contributed by atoms with Crippen LogP contribution in [0.4, 0.5) is 0 Å². The Hall–Kier alpha value is -1.69. The lowest BCUT2D eigenvalue weighted by Crippen LogP contribution is -2.57. The second-order valence-electron chi connectivity index (χ2n) is 4.73. The molecule has 1 aliphatic heterocycles. The van der Waals surface area contributed by atoms with Gasteiger partial charge in [0, 0.05) is 6.54 Å². The predicted molar refractivity (Wildman–Crippen MR) is 68.0 cm³/mol. The minimum atomic E-state index is -1.18. The molecule has 102 valence electrons. The van der Waals surface area contributed by atoms with E-state index in [1.165, 1.54) is 17.0 Å². The number of aliphatic carboxylic acids is 1. The van der Waals surface area contributed by atoms with E-state index >= 15 is 0 Å². The van der Waals surface area contributed by atoms with Crippen molar-refractivity contribution < 1.29 is 14.7 Å². The maximum atomic E-state index is 12.3. The quantitative estimate of drug-likeness (QED) is 0.891. The van der Waals surface area contributed by atoms with Gasteiger partial charge in [-0.15, -0.1) is 10.2 Å². The molecule has 1 saturated heterocycles. The lowest BCUT2D eigenvalue weighted by molar-refractivity contribution is -0.150. The summed E-state index contributed by atoms with van der Waals surface area (Å²) in [5.74, 6) is -1.42. The van der Waals surface area contributed by atoms with E-state index < -0.39 is 17.4 Å². The summed E-state index contributed by atoms with van der Waals surface area (Å²) in [5, 5.41) is 16.9. The molecule has 2 heterocycles. The van der Waals surface area contributed by atoms with Gasteiger partial charge in [-0.3, -0.25) is 4.79 Å². The standard InChI is InChI=1S/C12H14ClN3O3/c1-12(11(18)19)6-2-3-7-16(12)10(17)8-4-5-9(13)15-14-8/h4-5H,2-3,6-7H2,1H3,(H,18,19). The zero-order valence-corrected chi connectivity index (χ0v) is 11.2. The minimum Gasteiger partial charge on any atom is -0.480 e. The number of likely N-dealkylation sites (tertiary alicyclic amines) is 1. The van der Waals surface area contributed by atoms with Gasteiger partial charge in [-0.25, -0.2) is 4.79 Å². The fourth-order valence-corrected chi connectivity index (χ4v) is 2.34. The number of hydrogen-bond donors (Lipinski definition) is 1. The van der Waals surface area contributed by atoms with E-state index in [1.54, 1.807) is 6.92 Å². The lowest BCUT2D eigenvalue weighted by Gasteiger charge is -2.41. The highest BCUT2D eigenvalue weighted by Gasteiger charge is 2.44. The fraction of sp³-hybridized carbons (Fsp3) is 0.500. The number of nitrogens with zero attached hydrogens (tertiary/aromatic N) is 3. The van der Waals surface area contributed by atoms with Crippen molar-refractivity contribution in [2.75, 3.05) is 6.54 Å². The summed E-state index contributed by atoms with van der Waals surface area (Å²) in [6.45, 7) is 1.97. The number of carboxylic acid groups (broad SMARTS) is 1. The molecule has 1 N–H and O–H groups in total. The maximum absolute atomic E-state index is 12.3. The van der Waals surface area contributed by atoms with Crippen molar-refractivity contribution in [3.8, 4) is 0 Å². The number of carbonyl (C=O) groups excluding carboxylic acids is 1. The molecule has 1 unspecified atom stereocenters. The van der Waals surface area contributed by atoms with Crippen LogP contribution in [0, 0.1) is 0 Å². The molecule has 0 spiro atoms. The van der Waals surface area contributed by atoms with Gasteiger partial charge < -0.3 is 10.0 Å². The zero-order chi connectivity index (χ0) is 14.0. The first-order valence-corrected chi connectivity index (χ1v) is 6.37. The van der Waals surface area contributed by atoms with Crippen LogP contribution in [0.25, 0.3) is 0 Å². The lowest BCUT2D eigenvalue weighted by atomic mass is 9.88. The Morgan fingerprint density at radius 2 is 2.11 bits per heavy atom. The molecule has 0 radical (unpaired) electrons. The minimum absolute atomic E-state index is 0.110. The van der Waals surface area contributed by atoms with Gasteiger partial charge in [0.1, 0.15) is 5.54 Å². The highest BCUT2D eigenvalue weighted by molar-refractivity contribution is 6.29. The van der Waals surface area contributed by atoms with Crippen molar-refractivity contribution >= 4 is 23.5 Å². The molecule has 0 bridgehead atoms. The van der Waals surface area contributed by atoms with Gasteiger partial charge >= 0.3 is 5.97 Å². The summed E-state index contributed by atoms with van der Waals surface area (Å²) in [4.78, 5) is 25.1. The number of halogens is 1. The van der Waals surface area contributed by atoms with E-state index in [4.69, 9.17) is 11.6 Å². The second kappa shape index (κ2) is 5.13. The third-order valence-electron chi connectivity index (χ3n) is 3.45. The van der Waals surface area contributed by atoms with Crippen LogP contribution < -0.4 is 0 Å². The van der Waals surface area contributed by atoms with Crippen LogP contribution in [0.3, 0.4) is 0 Å². The normalized spacial score (nSPS) is 23.2. The summed E-state index contributed by atoms with van der Waals surface area (Å²) >= 11 is 5.62. The van der Waals surface area contributed by atoms with Crippen LogP contribution in [0.2, 0.25) is 5.15 Å². The van der Waals surface area contributed by atoms with Gasteiger partial charge in [0.25, 0.3) is 5.91 Å². The summed E-state index contributed by atoms with van der Waals surface area (Å²) in [6.07, 6.45) is 2.02. The van der Waals surface area contributed by atoms with Crippen molar-refractivity contribution in [1.82, 2.24) is 15.1 Å². The highest BCUT2D eigenvalue weighted by atomic mass is 35.5. The Morgan fingerprint density at radius 3 is 2.68 bits per heavy atom. The molecule has 0 saturated carbocycles. The molecular weight excluding hydrogens is 270 g/mol. The van der Waals surface area contributed by atoms with Crippen LogP contribution in [0.1, 0.15) is 36.7 Å². The van der Waals surface area contributed by atoms with Gasteiger partial charge in [-0.2, -0.15) is 0 Å². The third kappa shape index (κ3) is 2.53. The topological polar surface area (TPSA) is 83.4 Å².